The second kappa shape index (κ2) is 21.1. The number of nitrogens with one attached hydrogen (secondary N) is 1. The smallest absolute Gasteiger partial charge is 0.197 e. The molecule has 0 fully saturated rings. The van der Waals surface area contributed by atoms with E-state index in [4.69, 9.17) is 0 Å². The van der Waals surface area contributed by atoms with E-state index in [1.807, 2.05) is 0 Å². The van der Waals surface area contributed by atoms with Gasteiger partial charge in [0, 0.05) is 51.1 Å². The third kappa shape index (κ3) is 9.79. The molecule has 2 aliphatic rings. The van der Waals surface area contributed by atoms with Crippen molar-refractivity contribution in [3.63, 3.8) is 0 Å². The second-order valence-corrected chi connectivity index (χ2v) is 20.3. The molecular weight excluding hydrogens is 930 g/mol. The van der Waals surface area contributed by atoms with Crippen LogP contribution in [0, 0.1) is 6.92 Å². The highest BCUT2D eigenvalue weighted by molar-refractivity contribution is 6.73. The lowest BCUT2D eigenvalue weighted by Gasteiger charge is -2.36. The van der Waals surface area contributed by atoms with Crippen LogP contribution in [0.1, 0.15) is 36.8 Å². The minimum Gasteiger partial charge on any atom is -0.355 e. The van der Waals surface area contributed by atoms with Gasteiger partial charge in [0.05, 0.1) is 0 Å². The summed E-state index contributed by atoms with van der Waals surface area (Å²) in [6.07, 6.45) is 7.25. The first kappa shape index (κ1) is 47.3. The molecule has 0 atom stereocenters. The average Bonchev–Trinajstić information content (AvgIpc) is 3.56. The fraction of sp³-hybridized carbons (Fsp3) is 0.0685. The molecule has 3 nitrogen and oxygen atoms in total. The molecule has 11 aromatic rings. The molecule has 367 valence electrons. The van der Waals surface area contributed by atoms with Gasteiger partial charge in [-0.2, -0.15) is 0 Å². The van der Waals surface area contributed by atoms with Crippen LogP contribution in [0.3, 0.4) is 0 Å². The van der Waals surface area contributed by atoms with Crippen molar-refractivity contribution in [2.75, 3.05) is 15.1 Å². The molecule has 1 radical (unpaired) electrons. The molecule has 0 saturated heterocycles. The van der Waals surface area contributed by atoms with Crippen LogP contribution in [0.15, 0.2) is 273 Å². The van der Waals surface area contributed by atoms with Gasteiger partial charge in [-0.25, -0.2) is 0 Å². The summed E-state index contributed by atoms with van der Waals surface area (Å²) < 4.78 is 0. The highest BCUT2D eigenvalue weighted by atomic mass is 15.2. The number of aryl methyl sites for hydroxylation is 1. The topological polar surface area (TPSA) is 18.5 Å². The largest absolute Gasteiger partial charge is 0.355 e. The Hall–Kier alpha value is -9.38. The van der Waals surface area contributed by atoms with Crippen molar-refractivity contribution in [1.82, 2.24) is 0 Å². The van der Waals surface area contributed by atoms with Crippen LogP contribution in [0.5, 0.6) is 0 Å². The van der Waals surface area contributed by atoms with E-state index < -0.39 is 0 Å². The van der Waals surface area contributed by atoms with Crippen LogP contribution >= 0.6 is 0 Å². The van der Waals surface area contributed by atoms with Crippen LogP contribution in [0.2, 0.25) is 0 Å². The van der Waals surface area contributed by atoms with Crippen molar-refractivity contribution in [2.24, 2.45) is 0 Å². The molecule has 1 aliphatic heterocycles. The maximum Gasteiger partial charge on any atom is 0.197 e. The van der Waals surface area contributed by atoms with Crippen molar-refractivity contribution in [3.8, 4) is 55.6 Å². The minimum absolute atomic E-state index is 1.02. The van der Waals surface area contributed by atoms with Gasteiger partial charge in [0.15, 0.2) is 7.28 Å². The Morgan fingerprint density at radius 2 is 0.896 bits per heavy atom. The van der Waals surface area contributed by atoms with E-state index in [9.17, 15) is 0 Å². The van der Waals surface area contributed by atoms with Crippen LogP contribution in [-0.2, 0) is 0 Å². The van der Waals surface area contributed by atoms with E-state index in [2.05, 4.69) is 302 Å². The Balaban J connectivity index is 0.991. The van der Waals surface area contributed by atoms with Gasteiger partial charge in [0.1, 0.15) is 0 Å². The van der Waals surface area contributed by atoms with Crippen molar-refractivity contribution < 1.29 is 0 Å². The monoisotopic (exact) mass is 986 g/mol. The number of fused-ring (bicyclic) bond motifs is 2. The van der Waals surface area contributed by atoms with Gasteiger partial charge in [-0.3, -0.25) is 0 Å². The summed E-state index contributed by atoms with van der Waals surface area (Å²) in [5.41, 5.74) is 26.7. The number of anilines is 8. The molecule has 1 aliphatic carbocycles. The molecule has 0 bridgehead atoms. The van der Waals surface area contributed by atoms with E-state index in [1.54, 1.807) is 0 Å². The Bertz CT molecular complexity index is 3790. The van der Waals surface area contributed by atoms with Crippen LogP contribution in [0.25, 0.3) is 61.2 Å². The Labute approximate surface area is 454 Å². The normalized spacial score (nSPS) is 12.7. The van der Waals surface area contributed by atoms with Crippen molar-refractivity contribution >= 4 is 69.3 Å². The first-order valence-corrected chi connectivity index (χ1v) is 27.0. The lowest BCUT2D eigenvalue weighted by Crippen LogP contribution is -2.41. The molecular formula is C73H57BN3. The minimum atomic E-state index is 1.02. The first-order chi connectivity index (χ1) is 38.1. The van der Waals surface area contributed by atoms with E-state index in [0.717, 1.165) is 74.9 Å². The third-order valence-corrected chi connectivity index (χ3v) is 15.3. The molecule has 4 heteroatoms. The van der Waals surface area contributed by atoms with E-state index >= 15 is 0 Å². The SMILES string of the molecule is Cc1cc(-c2cc(N(c3ccc(-c4ccccc4)cc3)c3ccc(-c4ccccc4)cc3)ccc2Nc2ccc(-c3ccccc3)cc2)c2c(c1)N(c1ccc(C3=CCCCC3)cc1)c1ccc(-c3ccccc3)cc1[B]2. The van der Waals surface area contributed by atoms with E-state index in [-0.39, 0.29) is 0 Å². The second-order valence-electron chi connectivity index (χ2n) is 20.3. The molecule has 0 amide bonds. The van der Waals surface area contributed by atoms with Crippen molar-refractivity contribution in [2.45, 2.75) is 32.6 Å². The molecule has 0 aromatic heterocycles. The first-order valence-electron chi connectivity index (χ1n) is 27.0. The summed E-state index contributed by atoms with van der Waals surface area (Å²) in [7, 11) is 2.43. The number of allylic oxidation sites excluding steroid dienone is 2. The highest BCUT2D eigenvalue weighted by Crippen LogP contribution is 2.45. The fourth-order valence-electron chi connectivity index (χ4n) is 11.4. The highest BCUT2D eigenvalue weighted by Gasteiger charge is 2.30. The number of rotatable bonds is 12. The maximum absolute atomic E-state index is 3.95. The molecule has 13 rings (SSSR count). The lowest BCUT2D eigenvalue weighted by molar-refractivity contribution is 0.742. The van der Waals surface area contributed by atoms with E-state index in [1.165, 1.54) is 79.5 Å². The average molecular weight is 987 g/mol. The van der Waals surface area contributed by atoms with Crippen LogP contribution in [0.4, 0.5) is 45.5 Å². The summed E-state index contributed by atoms with van der Waals surface area (Å²) >= 11 is 0. The zero-order chi connectivity index (χ0) is 51.5. The molecule has 0 unspecified atom stereocenters. The lowest BCUT2D eigenvalue weighted by atomic mass is 9.57. The molecule has 1 heterocycles. The standard InChI is InChI=1S/C73H57BN3/c1-51-47-68(73-72(48-51)77(65-42-33-60(34-43-65)55-23-13-5-14-24-55)71-46-35-61(49-69(71)74-73)56-25-15-6-16-26-56)67-50-66(44-45-70(67)75-62-36-27-57(28-37-62)52-17-7-2-8-18-52)76(63-38-29-58(30-39-63)53-19-9-3-10-20-53)64-40-31-59(32-41-64)54-21-11-4-12-22-54/h2-4,6-12,15-23,25-50,75H,5,13-14,24H2,1H3. The summed E-state index contributed by atoms with van der Waals surface area (Å²) in [6.45, 7) is 2.24. The van der Waals surface area contributed by atoms with Crippen molar-refractivity contribution in [3.05, 3.63) is 284 Å². The van der Waals surface area contributed by atoms with Crippen LogP contribution < -0.4 is 26.0 Å². The van der Waals surface area contributed by atoms with Crippen LogP contribution in [-0.4, -0.2) is 7.28 Å². The van der Waals surface area contributed by atoms with Crippen molar-refractivity contribution in [1.29, 1.82) is 0 Å². The zero-order valence-corrected chi connectivity index (χ0v) is 43.3. The predicted molar refractivity (Wildman–Crippen MR) is 329 cm³/mol. The van der Waals surface area contributed by atoms with Gasteiger partial charge in [-0.05, 0) is 184 Å². The Kier molecular flexibility index (Phi) is 13.0. The summed E-state index contributed by atoms with van der Waals surface area (Å²) in [6, 6.07) is 97.4. The van der Waals surface area contributed by atoms with E-state index in [0.29, 0.717) is 0 Å². The fourth-order valence-corrected chi connectivity index (χ4v) is 11.4. The summed E-state index contributed by atoms with van der Waals surface area (Å²) in [5.74, 6) is 0. The van der Waals surface area contributed by atoms with Gasteiger partial charge in [0.2, 0.25) is 0 Å². The predicted octanol–water partition coefficient (Wildman–Crippen LogP) is 18.9. The van der Waals surface area contributed by atoms with Gasteiger partial charge >= 0.3 is 0 Å². The number of hydrogen-bond donors (Lipinski definition) is 1. The summed E-state index contributed by atoms with van der Waals surface area (Å²) in [4.78, 5) is 4.89. The number of nitrogens with zero attached hydrogens (tertiary/aromatic N) is 2. The maximum atomic E-state index is 3.95. The number of hydrogen-bond acceptors (Lipinski definition) is 3. The van der Waals surface area contributed by atoms with Gasteiger partial charge in [0.25, 0.3) is 0 Å². The quantitative estimate of drug-likeness (QED) is 0.123. The number of benzene rings is 11. The zero-order valence-electron chi connectivity index (χ0n) is 43.3. The summed E-state index contributed by atoms with van der Waals surface area (Å²) in [5, 5.41) is 3.95. The molecule has 1 N–H and O–H groups in total. The van der Waals surface area contributed by atoms with Gasteiger partial charge in [-0.1, -0.05) is 200 Å². The molecule has 77 heavy (non-hydrogen) atoms. The Morgan fingerprint density at radius 3 is 1.44 bits per heavy atom. The van der Waals surface area contributed by atoms with Gasteiger partial charge in [-0.15, -0.1) is 0 Å². The molecule has 0 saturated carbocycles. The molecule has 11 aromatic carbocycles. The van der Waals surface area contributed by atoms with Gasteiger partial charge < -0.3 is 15.1 Å². The third-order valence-electron chi connectivity index (χ3n) is 15.3. The Morgan fingerprint density at radius 1 is 0.403 bits per heavy atom. The molecule has 0 spiro atoms.